The smallest absolute Gasteiger partial charge is 0.222 e. The topological polar surface area (TPSA) is 174 Å². The standard InChI is InChI=1S/C3H4N6.ClHO4/c1-9-2-5-3(7-9)6-8-4;2-1(3,4)5/h2H,1H3;(H,2,3,4,5). The van der Waals surface area contributed by atoms with Crippen LogP contribution in [0.4, 0.5) is 5.95 Å². The highest BCUT2D eigenvalue weighted by Crippen LogP contribution is 1.95. The molecule has 0 aliphatic carbocycles. The molecular formula is C3H5ClN6O4. The van der Waals surface area contributed by atoms with Crippen molar-refractivity contribution in [2.75, 3.05) is 0 Å². The molecule has 11 heteroatoms. The van der Waals surface area contributed by atoms with E-state index in [1.165, 1.54) is 6.33 Å². The lowest BCUT2D eigenvalue weighted by Gasteiger charge is -2.17. The van der Waals surface area contributed by atoms with Crippen LogP contribution in [0.25, 0.3) is 10.4 Å². The van der Waals surface area contributed by atoms with Crippen LogP contribution in [0.1, 0.15) is 0 Å². The Labute approximate surface area is 79.4 Å². The first-order valence-electron chi connectivity index (χ1n) is 2.90. The van der Waals surface area contributed by atoms with Crippen LogP contribution in [0.3, 0.4) is 0 Å². The second-order valence-electron chi connectivity index (χ2n) is 1.86. The molecule has 0 bridgehead atoms. The molecule has 78 valence electrons. The highest BCUT2D eigenvalue weighted by atomic mass is 35.7. The van der Waals surface area contributed by atoms with Crippen LogP contribution >= 0.6 is 0 Å². The fraction of sp³-hybridized carbons (Fsp3) is 0.333. The first kappa shape index (κ1) is 12.6. The third-order valence-corrected chi connectivity index (χ3v) is 0.769. The Hall–Kier alpha value is -1.42. The second kappa shape index (κ2) is 5.34. The van der Waals surface area contributed by atoms with Crippen LogP contribution in [-0.2, 0) is 7.05 Å². The quantitative estimate of drug-likeness (QED) is 0.218. The number of aromatic amines is 1. The van der Waals surface area contributed by atoms with Gasteiger partial charge in [0, 0.05) is 10.0 Å². The van der Waals surface area contributed by atoms with E-state index >= 15 is 0 Å². The lowest BCUT2D eigenvalue weighted by atomic mass is 11.1. The van der Waals surface area contributed by atoms with Gasteiger partial charge in [0.2, 0.25) is 0 Å². The second-order valence-corrected chi connectivity index (χ2v) is 2.61. The molecule has 1 heterocycles. The van der Waals surface area contributed by atoms with Gasteiger partial charge in [0.15, 0.2) is 0 Å². The minimum absolute atomic E-state index is 0.278. The van der Waals surface area contributed by atoms with Crippen molar-refractivity contribution in [3.05, 3.63) is 16.8 Å². The Balaban J connectivity index is 0.000000292. The van der Waals surface area contributed by atoms with Crippen molar-refractivity contribution in [3.63, 3.8) is 0 Å². The Morgan fingerprint density at radius 3 is 2.36 bits per heavy atom. The number of H-pyrrole nitrogens is 1. The summed E-state index contributed by atoms with van der Waals surface area (Å²) in [5.74, 6) is 0.278. The lowest BCUT2D eigenvalue weighted by molar-refractivity contribution is -2.00. The van der Waals surface area contributed by atoms with E-state index in [2.05, 4.69) is 20.1 Å². The molecule has 0 atom stereocenters. The minimum Gasteiger partial charge on any atom is -0.222 e. The summed E-state index contributed by atoms with van der Waals surface area (Å²) in [6, 6.07) is 0. The first-order valence-corrected chi connectivity index (χ1v) is 4.14. The first-order chi connectivity index (χ1) is 6.33. The van der Waals surface area contributed by atoms with E-state index in [-0.39, 0.29) is 5.95 Å². The molecule has 0 aromatic carbocycles. The van der Waals surface area contributed by atoms with E-state index in [0.717, 1.165) is 0 Å². The number of rotatable bonds is 1. The van der Waals surface area contributed by atoms with Crippen molar-refractivity contribution in [2.45, 2.75) is 0 Å². The summed E-state index contributed by atoms with van der Waals surface area (Å²) in [4.78, 5) is 6.23. The predicted molar refractivity (Wildman–Crippen MR) is 28.6 cm³/mol. The van der Waals surface area contributed by atoms with Crippen LogP contribution in [0.2, 0.25) is 0 Å². The highest BCUT2D eigenvalue weighted by Gasteiger charge is 1.98. The number of hydrogen-bond donors (Lipinski definition) is 1. The zero-order chi connectivity index (χ0) is 11.2. The van der Waals surface area contributed by atoms with Crippen LogP contribution in [0, 0.1) is 10.2 Å². The van der Waals surface area contributed by atoms with Crippen molar-refractivity contribution in [1.29, 1.82) is 0 Å². The summed E-state index contributed by atoms with van der Waals surface area (Å²) in [6.45, 7) is 0. The van der Waals surface area contributed by atoms with Gasteiger partial charge < -0.3 is 0 Å². The Morgan fingerprint density at radius 2 is 2.07 bits per heavy atom. The van der Waals surface area contributed by atoms with Gasteiger partial charge in [-0.25, -0.2) is 18.6 Å². The van der Waals surface area contributed by atoms with Crippen molar-refractivity contribution in [2.24, 2.45) is 12.2 Å². The number of hydrogen-bond acceptors (Lipinski definition) is 6. The molecule has 0 aliphatic heterocycles. The third-order valence-electron chi connectivity index (χ3n) is 0.769. The Bertz CT molecular complexity index is 320. The molecule has 14 heavy (non-hydrogen) atoms. The van der Waals surface area contributed by atoms with E-state index in [9.17, 15) is 0 Å². The molecule has 0 saturated carbocycles. The minimum atomic E-state index is -4.94. The van der Waals surface area contributed by atoms with Gasteiger partial charge in [-0.2, -0.15) is 9.78 Å². The van der Waals surface area contributed by atoms with E-state index in [1.807, 2.05) is 0 Å². The molecule has 0 fully saturated rings. The van der Waals surface area contributed by atoms with E-state index in [4.69, 9.17) is 24.2 Å². The monoisotopic (exact) mass is 224 g/mol. The number of nitrogens with one attached hydrogen (secondary N) is 1. The van der Waals surface area contributed by atoms with Crippen LogP contribution in [-0.4, -0.2) is 10.1 Å². The van der Waals surface area contributed by atoms with Crippen molar-refractivity contribution in [1.82, 2.24) is 10.1 Å². The molecule has 1 aromatic rings. The molecule has 10 nitrogen and oxygen atoms in total. The maximum Gasteiger partial charge on any atom is 0.339 e. The molecule has 0 radical (unpaired) electrons. The van der Waals surface area contributed by atoms with Gasteiger partial charge in [-0.15, -0.1) is 10.2 Å². The SMILES string of the molecule is C[n+]1cnc(N=[N+]=[N-])[nH]1.[O-][Cl+3]([O-])([O-])[O-]. The number of aromatic nitrogens is 3. The summed E-state index contributed by atoms with van der Waals surface area (Å²) in [5, 5.41) is 5.88. The van der Waals surface area contributed by atoms with Crippen molar-refractivity contribution in [3.8, 4) is 0 Å². The zero-order valence-electron chi connectivity index (χ0n) is 6.82. The van der Waals surface area contributed by atoms with Crippen molar-refractivity contribution < 1.29 is 33.6 Å². The van der Waals surface area contributed by atoms with E-state index in [1.54, 1.807) is 11.7 Å². The number of azide groups is 1. The Kier molecular flexibility index (Phi) is 4.80. The fourth-order valence-corrected chi connectivity index (χ4v) is 0.447. The lowest BCUT2D eigenvalue weighted by Crippen LogP contribution is -2.68. The molecule has 1 N–H and O–H groups in total. The molecule has 1 aromatic heterocycles. The van der Waals surface area contributed by atoms with Gasteiger partial charge in [-0.1, -0.05) is 0 Å². The van der Waals surface area contributed by atoms with E-state index < -0.39 is 10.2 Å². The maximum absolute atomic E-state index is 8.49. The molecule has 0 spiro atoms. The predicted octanol–water partition coefficient (Wildman–Crippen LogP) is -4.58. The molecule has 0 unspecified atom stereocenters. The summed E-state index contributed by atoms with van der Waals surface area (Å²) < 4.78 is 35.6. The molecule has 0 saturated heterocycles. The summed E-state index contributed by atoms with van der Waals surface area (Å²) in [6.07, 6.45) is 1.52. The van der Waals surface area contributed by atoms with Gasteiger partial charge in [0.1, 0.15) is 7.05 Å². The summed E-state index contributed by atoms with van der Waals surface area (Å²) in [5.41, 5.74) is 7.92. The Morgan fingerprint density at radius 1 is 1.57 bits per heavy atom. The largest absolute Gasteiger partial charge is 0.339 e. The summed E-state index contributed by atoms with van der Waals surface area (Å²) in [7, 11) is -3.19. The van der Waals surface area contributed by atoms with Crippen LogP contribution < -0.4 is 23.3 Å². The van der Waals surface area contributed by atoms with Gasteiger partial charge in [0.25, 0.3) is 0 Å². The zero-order valence-corrected chi connectivity index (χ0v) is 7.58. The van der Waals surface area contributed by atoms with Gasteiger partial charge >= 0.3 is 12.3 Å². The highest BCUT2D eigenvalue weighted by molar-refractivity contribution is 5.05. The average Bonchev–Trinajstić information content (AvgIpc) is 2.32. The van der Waals surface area contributed by atoms with Crippen molar-refractivity contribution >= 4 is 5.95 Å². The molecule has 1 rings (SSSR count). The van der Waals surface area contributed by atoms with Crippen LogP contribution in [0.15, 0.2) is 11.4 Å². The molecular weight excluding hydrogens is 220 g/mol. The van der Waals surface area contributed by atoms with Crippen LogP contribution in [0.5, 0.6) is 0 Å². The fourth-order valence-electron chi connectivity index (χ4n) is 0.447. The number of aryl methyl sites for hydroxylation is 1. The maximum atomic E-state index is 8.49. The third kappa shape index (κ3) is 8.67. The van der Waals surface area contributed by atoms with E-state index in [0.29, 0.717) is 0 Å². The summed E-state index contributed by atoms with van der Waals surface area (Å²) >= 11 is 0. The average molecular weight is 225 g/mol. The molecule has 0 amide bonds. The normalized spacial score (nSPS) is 9.79. The molecule has 0 aliphatic rings. The van der Waals surface area contributed by atoms with Gasteiger partial charge in [0.05, 0.1) is 0 Å². The number of nitrogens with zero attached hydrogens (tertiary/aromatic N) is 5. The van der Waals surface area contributed by atoms with Gasteiger partial charge in [-0.3, -0.25) is 0 Å². The van der Waals surface area contributed by atoms with Gasteiger partial charge in [-0.05, 0) is 10.5 Å². The number of halogens is 1.